The number of likely N-dealkylation sites (tertiary alicyclic amines) is 1. The number of H-pyrrole nitrogens is 1. The quantitative estimate of drug-likeness (QED) is 0.105. The highest BCUT2D eigenvalue weighted by atomic mass is 16.2. The second-order valence-electron chi connectivity index (χ2n) is 14.0. The summed E-state index contributed by atoms with van der Waals surface area (Å²) < 4.78 is 1.92. The Balaban J connectivity index is 0.815. The second kappa shape index (κ2) is 14.5. The molecule has 2 atom stereocenters. The molecule has 2 aromatic carbocycles. The van der Waals surface area contributed by atoms with Gasteiger partial charge in [0.25, 0.3) is 11.8 Å². The van der Waals surface area contributed by atoms with Gasteiger partial charge in [0.1, 0.15) is 11.9 Å². The number of rotatable bonds is 9. The van der Waals surface area contributed by atoms with Gasteiger partial charge >= 0.3 is 0 Å². The molecule has 0 saturated carbocycles. The Labute approximate surface area is 307 Å². The van der Waals surface area contributed by atoms with Crippen LogP contribution in [0.3, 0.4) is 0 Å². The molecule has 53 heavy (non-hydrogen) atoms. The molecule has 12 nitrogen and oxygen atoms in total. The normalized spacial score (nSPS) is 18.6. The Morgan fingerprint density at radius 2 is 1.87 bits per heavy atom. The molecule has 2 fully saturated rings. The smallest absolute Gasteiger partial charge is 0.256 e. The van der Waals surface area contributed by atoms with Gasteiger partial charge in [-0.25, -0.2) is 4.98 Å². The van der Waals surface area contributed by atoms with E-state index in [1.165, 1.54) is 12.1 Å². The van der Waals surface area contributed by atoms with Crippen LogP contribution in [0.1, 0.15) is 88.5 Å². The number of pyridine rings is 1. The van der Waals surface area contributed by atoms with Gasteiger partial charge < -0.3 is 15.2 Å². The lowest BCUT2D eigenvalue weighted by molar-refractivity contribution is -0.136. The highest BCUT2D eigenvalue weighted by molar-refractivity contribution is 6.06. The predicted octanol–water partition coefficient (Wildman–Crippen LogP) is 5.43. The van der Waals surface area contributed by atoms with E-state index in [0.717, 1.165) is 65.5 Å². The summed E-state index contributed by atoms with van der Waals surface area (Å²) >= 11 is 0. The molecule has 8 rings (SSSR count). The van der Waals surface area contributed by atoms with Gasteiger partial charge in [-0.2, -0.15) is 5.10 Å². The Kier molecular flexibility index (Phi) is 9.33. The van der Waals surface area contributed by atoms with E-state index in [-0.39, 0.29) is 24.1 Å². The molecule has 3 aliphatic heterocycles. The number of nitrogens with one attached hydrogen (secondary N) is 3. The maximum atomic E-state index is 13.1. The molecule has 1 unspecified atom stereocenters. The summed E-state index contributed by atoms with van der Waals surface area (Å²) in [6.45, 7) is 2.15. The number of unbranched alkanes of at least 4 members (excludes halogenated alkanes) is 2. The molecule has 2 saturated heterocycles. The van der Waals surface area contributed by atoms with Crippen molar-refractivity contribution in [2.45, 2.75) is 70.1 Å². The zero-order valence-electron chi connectivity index (χ0n) is 29.5. The molecule has 12 heteroatoms. The molecule has 3 aliphatic rings. The lowest BCUT2D eigenvalue weighted by Crippen LogP contribution is -2.52. The van der Waals surface area contributed by atoms with Crippen LogP contribution in [0.2, 0.25) is 0 Å². The highest BCUT2D eigenvalue weighted by Crippen LogP contribution is 2.32. The van der Waals surface area contributed by atoms with Crippen LogP contribution in [0.5, 0.6) is 0 Å². The first-order valence-corrected chi connectivity index (χ1v) is 18.2. The number of anilines is 1. The van der Waals surface area contributed by atoms with Crippen molar-refractivity contribution in [1.29, 1.82) is 0 Å². The minimum atomic E-state index is -0.644. The Morgan fingerprint density at radius 3 is 2.68 bits per heavy atom. The molecule has 0 aliphatic carbocycles. The van der Waals surface area contributed by atoms with Crippen molar-refractivity contribution >= 4 is 40.3 Å². The van der Waals surface area contributed by atoms with E-state index in [9.17, 15) is 19.2 Å². The maximum absolute atomic E-state index is 13.1. The van der Waals surface area contributed by atoms with Gasteiger partial charge in [0, 0.05) is 83.8 Å². The zero-order chi connectivity index (χ0) is 36.5. The lowest BCUT2D eigenvalue weighted by Gasteiger charge is -2.29. The fourth-order valence-corrected chi connectivity index (χ4v) is 7.58. The minimum Gasteiger partial charge on any atom is -0.357 e. The second-order valence-corrected chi connectivity index (χ2v) is 14.0. The molecular weight excluding hydrogens is 669 g/mol. The Hall–Kier alpha value is -6.06. The van der Waals surface area contributed by atoms with E-state index >= 15 is 0 Å². The van der Waals surface area contributed by atoms with Gasteiger partial charge in [-0.15, -0.1) is 0 Å². The number of hydrogen-bond acceptors (Lipinski definition) is 7. The van der Waals surface area contributed by atoms with Crippen LogP contribution in [0.15, 0.2) is 73.2 Å². The van der Waals surface area contributed by atoms with Crippen molar-refractivity contribution in [2.75, 3.05) is 18.9 Å². The van der Waals surface area contributed by atoms with Gasteiger partial charge in [-0.05, 0) is 87.2 Å². The molecule has 3 N–H and O–H groups in total. The van der Waals surface area contributed by atoms with Crippen molar-refractivity contribution in [2.24, 2.45) is 0 Å². The van der Waals surface area contributed by atoms with Gasteiger partial charge in [0.15, 0.2) is 0 Å². The fourth-order valence-electron chi connectivity index (χ4n) is 7.58. The first-order valence-electron chi connectivity index (χ1n) is 18.2. The maximum Gasteiger partial charge on any atom is 0.256 e. The van der Waals surface area contributed by atoms with Crippen molar-refractivity contribution in [3.63, 3.8) is 0 Å². The molecule has 3 aromatic heterocycles. The number of hydrogen-bond donors (Lipinski definition) is 3. The third-order valence-electron chi connectivity index (χ3n) is 10.5. The van der Waals surface area contributed by atoms with E-state index < -0.39 is 11.9 Å². The van der Waals surface area contributed by atoms with E-state index in [1.54, 1.807) is 17.2 Å². The van der Waals surface area contributed by atoms with Gasteiger partial charge in [-0.1, -0.05) is 30.0 Å². The third-order valence-corrected chi connectivity index (χ3v) is 10.5. The zero-order valence-corrected chi connectivity index (χ0v) is 29.5. The molecule has 268 valence electrons. The minimum absolute atomic E-state index is 0.196. The van der Waals surface area contributed by atoms with Gasteiger partial charge in [0.05, 0.1) is 11.7 Å². The number of nitrogens with zero attached hydrogens (tertiary/aromatic N) is 5. The molecule has 4 amide bonds. The number of fused-ring (bicyclic) bond motifs is 2. The first-order chi connectivity index (χ1) is 25.8. The van der Waals surface area contributed by atoms with Crippen LogP contribution < -0.4 is 10.6 Å². The Morgan fingerprint density at radius 1 is 1.00 bits per heavy atom. The summed E-state index contributed by atoms with van der Waals surface area (Å²) in [4.78, 5) is 62.0. The number of benzene rings is 2. The van der Waals surface area contributed by atoms with Crippen LogP contribution in [0.25, 0.3) is 22.0 Å². The average molecular weight is 709 g/mol. The van der Waals surface area contributed by atoms with Gasteiger partial charge in [0.2, 0.25) is 11.8 Å². The van der Waals surface area contributed by atoms with Crippen LogP contribution in [0.4, 0.5) is 5.82 Å². The number of aromatic nitrogens is 4. The van der Waals surface area contributed by atoms with E-state index in [4.69, 9.17) is 0 Å². The molecule has 5 aromatic rings. The average Bonchev–Trinajstić information content (AvgIpc) is 3.97. The molecule has 0 spiro atoms. The highest BCUT2D eigenvalue weighted by Gasteiger charge is 2.39. The summed E-state index contributed by atoms with van der Waals surface area (Å²) in [6, 6.07) is 16.8. The number of imide groups is 1. The summed E-state index contributed by atoms with van der Waals surface area (Å²) in [6.07, 6.45) is 11.0. The monoisotopic (exact) mass is 708 g/mol. The summed E-state index contributed by atoms with van der Waals surface area (Å²) in [5.41, 5.74) is 6.82. The Bertz CT molecular complexity index is 2300. The van der Waals surface area contributed by atoms with E-state index in [2.05, 4.69) is 55.6 Å². The number of carbonyl (C=O) groups excluding carboxylic acids is 4. The number of amides is 4. The number of aryl methyl sites for hydroxylation is 1. The fraction of sp³-hybridized carbons (Fsp3) is 0.317. The SMILES string of the molecule is CN1CCC[C@@H]1c1cc2cnc(NC(=O)c3ccc(-c4cnn(CCCCC#Cc5cccc6c5CN(C5CCC(=O)NC5=O)C6=O)c4)cc3)cc2[nH]1. The first kappa shape index (κ1) is 34.0. The molecule has 6 heterocycles. The summed E-state index contributed by atoms with van der Waals surface area (Å²) in [7, 11) is 2.15. The summed E-state index contributed by atoms with van der Waals surface area (Å²) in [5, 5.41) is 10.8. The third kappa shape index (κ3) is 7.08. The van der Waals surface area contributed by atoms with Crippen LogP contribution in [-0.2, 0) is 22.7 Å². The molecule has 0 bridgehead atoms. The van der Waals surface area contributed by atoms with Crippen molar-refractivity contribution in [3.05, 3.63) is 101 Å². The lowest BCUT2D eigenvalue weighted by atomic mass is 10.0. The number of carbonyl (C=O) groups is 4. The standard InChI is InChI=1S/C41H40N8O4/c1-47-18-7-11-35(47)34-20-29-22-42-37(21-33(29)44-34)45-39(51)28-14-12-26(13-15-28)30-23-43-48(24-30)19-5-3-2-4-8-27-9-6-10-31-32(27)25-49(41(31)53)36-16-17-38(50)46-40(36)52/h6,9-10,12-15,20-24,35-36,44H,2-3,5,7,11,16-19,25H2,1H3,(H,42,45,51)(H,46,50,52)/t35-,36?/m1/s1. The van der Waals surface area contributed by atoms with Crippen molar-refractivity contribution in [1.82, 2.24) is 34.9 Å². The van der Waals surface area contributed by atoms with Crippen LogP contribution in [0, 0.1) is 11.8 Å². The van der Waals surface area contributed by atoms with Crippen LogP contribution in [-0.4, -0.2) is 72.8 Å². The van der Waals surface area contributed by atoms with Crippen LogP contribution >= 0.6 is 0 Å². The topological polar surface area (TPSA) is 145 Å². The van der Waals surface area contributed by atoms with E-state index in [1.807, 2.05) is 59.5 Å². The van der Waals surface area contributed by atoms with Crippen molar-refractivity contribution in [3.8, 4) is 23.0 Å². The molecule has 0 radical (unpaired) electrons. The van der Waals surface area contributed by atoms with E-state index in [0.29, 0.717) is 42.4 Å². The number of piperidine rings is 1. The number of aromatic amines is 1. The predicted molar refractivity (Wildman–Crippen MR) is 200 cm³/mol. The van der Waals surface area contributed by atoms with Gasteiger partial charge in [-0.3, -0.25) is 34.1 Å². The summed E-state index contributed by atoms with van der Waals surface area (Å²) in [5.74, 6) is 5.86. The van der Waals surface area contributed by atoms with Crippen molar-refractivity contribution < 1.29 is 19.2 Å². The molecular formula is C41H40N8O4. The largest absolute Gasteiger partial charge is 0.357 e.